The van der Waals surface area contributed by atoms with E-state index in [1.54, 1.807) is 42.3 Å². The minimum absolute atomic E-state index is 0.239. The third-order valence-electron chi connectivity index (χ3n) is 2.98. The van der Waals surface area contributed by atoms with E-state index in [2.05, 4.69) is 20.5 Å². The zero-order valence-electron chi connectivity index (χ0n) is 12.9. The molecular weight excluding hydrogens is 367 g/mol. The van der Waals surface area contributed by atoms with Crippen molar-refractivity contribution in [1.29, 1.82) is 0 Å². The summed E-state index contributed by atoms with van der Waals surface area (Å²) in [5.74, 6) is 0.488. The SMILES string of the molecule is COCCNc1nnc(SCc2csc(-c3ccc(F)cc3)n2)s1. The van der Waals surface area contributed by atoms with Gasteiger partial charge in [-0.2, -0.15) is 0 Å². The quantitative estimate of drug-likeness (QED) is 0.466. The highest BCUT2D eigenvalue weighted by atomic mass is 32.2. The summed E-state index contributed by atoms with van der Waals surface area (Å²) < 4.78 is 18.8. The van der Waals surface area contributed by atoms with E-state index in [9.17, 15) is 4.39 Å². The van der Waals surface area contributed by atoms with E-state index < -0.39 is 0 Å². The summed E-state index contributed by atoms with van der Waals surface area (Å²) in [6.45, 7) is 1.34. The van der Waals surface area contributed by atoms with Crippen LogP contribution in [0.3, 0.4) is 0 Å². The molecule has 0 saturated carbocycles. The predicted molar refractivity (Wildman–Crippen MR) is 97.3 cm³/mol. The molecule has 2 heterocycles. The van der Waals surface area contributed by atoms with Crippen molar-refractivity contribution >= 4 is 39.6 Å². The Morgan fingerprint density at radius 2 is 2.08 bits per heavy atom. The van der Waals surface area contributed by atoms with Gasteiger partial charge in [-0.05, 0) is 24.3 Å². The van der Waals surface area contributed by atoms with Gasteiger partial charge in [-0.1, -0.05) is 23.1 Å². The van der Waals surface area contributed by atoms with E-state index >= 15 is 0 Å². The molecule has 0 spiro atoms. The van der Waals surface area contributed by atoms with Crippen molar-refractivity contribution in [3.8, 4) is 10.6 Å². The first-order valence-corrected chi connectivity index (χ1v) is 9.82. The fourth-order valence-corrected chi connectivity index (χ4v) is 4.43. The predicted octanol–water partition coefficient (Wildman–Crippen LogP) is 4.15. The second-order valence-electron chi connectivity index (χ2n) is 4.73. The van der Waals surface area contributed by atoms with E-state index in [4.69, 9.17) is 4.74 Å². The van der Waals surface area contributed by atoms with Gasteiger partial charge in [-0.15, -0.1) is 21.5 Å². The summed E-state index contributed by atoms with van der Waals surface area (Å²) in [6.07, 6.45) is 0. The molecule has 1 aromatic carbocycles. The molecular formula is C15H15FN4OS3. The van der Waals surface area contributed by atoms with Crippen molar-refractivity contribution in [1.82, 2.24) is 15.2 Å². The van der Waals surface area contributed by atoms with Gasteiger partial charge in [0.1, 0.15) is 10.8 Å². The number of ether oxygens (including phenoxy) is 1. The first kappa shape index (κ1) is 17.3. The topological polar surface area (TPSA) is 59.9 Å². The van der Waals surface area contributed by atoms with Crippen LogP contribution in [-0.2, 0) is 10.5 Å². The number of hydrogen-bond acceptors (Lipinski definition) is 8. The molecule has 126 valence electrons. The van der Waals surface area contributed by atoms with E-state index in [1.807, 2.05) is 5.38 Å². The zero-order chi connectivity index (χ0) is 16.8. The highest BCUT2D eigenvalue weighted by Crippen LogP contribution is 2.30. The Morgan fingerprint density at radius 1 is 1.25 bits per heavy atom. The van der Waals surface area contributed by atoms with Gasteiger partial charge >= 0.3 is 0 Å². The fraction of sp³-hybridized carbons (Fsp3) is 0.267. The number of methoxy groups -OCH3 is 1. The van der Waals surface area contributed by atoms with Gasteiger partial charge in [-0.25, -0.2) is 9.37 Å². The van der Waals surface area contributed by atoms with Crippen LogP contribution in [0.2, 0.25) is 0 Å². The number of halogens is 1. The van der Waals surface area contributed by atoms with Gasteiger partial charge < -0.3 is 10.1 Å². The van der Waals surface area contributed by atoms with Crippen LogP contribution in [0.1, 0.15) is 5.69 Å². The van der Waals surface area contributed by atoms with Gasteiger partial charge in [0.15, 0.2) is 4.34 Å². The Hall–Kier alpha value is -1.55. The van der Waals surface area contributed by atoms with Crippen LogP contribution >= 0.6 is 34.4 Å². The summed E-state index contributed by atoms with van der Waals surface area (Å²) in [5, 5.41) is 15.1. The number of anilines is 1. The monoisotopic (exact) mass is 382 g/mol. The molecule has 0 atom stereocenters. The van der Waals surface area contributed by atoms with Gasteiger partial charge in [0, 0.05) is 30.4 Å². The molecule has 5 nitrogen and oxygen atoms in total. The average molecular weight is 383 g/mol. The second-order valence-corrected chi connectivity index (χ2v) is 7.79. The smallest absolute Gasteiger partial charge is 0.206 e. The Balaban J connectivity index is 1.54. The molecule has 9 heteroatoms. The first-order valence-electron chi connectivity index (χ1n) is 7.14. The molecule has 0 aliphatic carbocycles. The van der Waals surface area contributed by atoms with Crippen LogP contribution in [0.5, 0.6) is 0 Å². The first-order chi connectivity index (χ1) is 11.7. The lowest BCUT2D eigenvalue weighted by atomic mass is 10.2. The van der Waals surface area contributed by atoms with Crippen molar-refractivity contribution in [2.24, 2.45) is 0 Å². The molecule has 0 aliphatic heterocycles. The van der Waals surface area contributed by atoms with Crippen LogP contribution in [0.4, 0.5) is 9.52 Å². The van der Waals surface area contributed by atoms with Gasteiger partial charge in [0.25, 0.3) is 0 Å². The lowest BCUT2D eigenvalue weighted by Gasteiger charge is -1.98. The van der Waals surface area contributed by atoms with Crippen molar-refractivity contribution in [2.45, 2.75) is 10.1 Å². The number of hydrogen-bond donors (Lipinski definition) is 1. The molecule has 3 rings (SSSR count). The van der Waals surface area contributed by atoms with E-state index in [0.29, 0.717) is 13.2 Å². The third-order valence-corrected chi connectivity index (χ3v) is 5.96. The summed E-state index contributed by atoms with van der Waals surface area (Å²) in [5.41, 5.74) is 1.91. The molecule has 24 heavy (non-hydrogen) atoms. The maximum absolute atomic E-state index is 13.0. The summed E-state index contributed by atoms with van der Waals surface area (Å²) in [7, 11) is 1.66. The van der Waals surface area contributed by atoms with Crippen molar-refractivity contribution < 1.29 is 9.13 Å². The number of rotatable bonds is 8. The number of nitrogens with one attached hydrogen (secondary N) is 1. The highest BCUT2D eigenvalue weighted by Gasteiger charge is 2.08. The largest absolute Gasteiger partial charge is 0.383 e. The molecule has 0 fully saturated rings. The Morgan fingerprint density at radius 3 is 2.88 bits per heavy atom. The highest BCUT2D eigenvalue weighted by molar-refractivity contribution is 8.00. The minimum atomic E-state index is -0.239. The number of benzene rings is 1. The lowest BCUT2D eigenvalue weighted by molar-refractivity contribution is 0.211. The molecule has 0 aliphatic rings. The molecule has 0 unspecified atom stereocenters. The standard InChI is InChI=1S/C15H15FN4OS3/c1-21-7-6-17-14-19-20-15(24-14)23-9-12-8-22-13(18-12)10-2-4-11(16)5-3-10/h2-5,8H,6-7,9H2,1H3,(H,17,19). The maximum Gasteiger partial charge on any atom is 0.206 e. The normalized spacial score (nSPS) is 10.9. The van der Waals surface area contributed by atoms with Crippen LogP contribution < -0.4 is 5.32 Å². The molecule has 2 aromatic heterocycles. The number of aromatic nitrogens is 3. The van der Waals surface area contributed by atoms with E-state index in [1.165, 1.54) is 23.5 Å². The number of thioether (sulfide) groups is 1. The van der Waals surface area contributed by atoms with Gasteiger partial charge in [-0.3, -0.25) is 0 Å². The summed E-state index contributed by atoms with van der Waals surface area (Å²) >= 11 is 4.67. The fourth-order valence-electron chi connectivity index (χ4n) is 1.83. The third kappa shape index (κ3) is 4.73. The molecule has 3 aromatic rings. The average Bonchev–Trinajstić information content (AvgIpc) is 3.23. The minimum Gasteiger partial charge on any atom is -0.383 e. The zero-order valence-corrected chi connectivity index (χ0v) is 15.3. The molecule has 0 amide bonds. The lowest BCUT2D eigenvalue weighted by Crippen LogP contribution is -2.06. The Labute approximate surface area is 151 Å². The summed E-state index contributed by atoms with van der Waals surface area (Å²) in [6, 6.07) is 6.39. The van der Waals surface area contributed by atoms with Crippen LogP contribution in [0.25, 0.3) is 10.6 Å². The van der Waals surface area contributed by atoms with E-state index in [0.717, 1.165) is 31.5 Å². The van der Waals surface area contributed by atoms with Crippen molar-refractivity contribution in [2.75, 3.05) is 25.6 Å². The van der Waals surface area contributed by atoms with E-state index in [-0.39, 0.29) is 5.82 Å². The van der Waals surface area contributed by atoms with Crippen LogP contribution in [-0.4, -0.2) is 35.4 Å². The van der Waals surface area contributed by atoms with Crippen LogP contribution in [0, 0.1) is 5.82 Å². The van der Waals surface area contributed by atoms with Gasteiger partial charge in [0.05, 0.1) is 12.3 Å². The Kier molecular flexibility index (Phi) is 6.13. The Bertz CT molecular complexity index is 775. The van der Waals surface area contributed by atoms with Gasteiger partial charge in [0.2, 0.25) is 5.13 Å². The maximum atomic E-state index is 13.0. The number of thiazole rings is 1. The molecule has 0 bridgehead atoms. The molecule has 0 radical (unpaired) electrons. The summed E-state index contributed by atoms with van der Waals surface area (Å²) in [4.78, 5) is 4.59. The molecule has 1 N–H and O–H groups in total. The van der Waals surface area contributed by atoms with Crippen molar-refractivity contribution in [3.05, 3.63) is 41.2 Å². The number of nitrogens with zero attached hydrogens (tertiary/aromatic N) is 3. The van der Waals surface area contributed by atoms with Crippen molar-refractivity contribution in [3.63, 3.8) is 0 Å². The second kappa shape index (κ2) is 8.52. The van der Waals surface area contributed by atoms with Crippen LogP contribution in [0.15, 0.2) is 34.0 Å². The molecule has 0 saturated heterocycles.